The normalized spacial score (nSPS) is 11.5. The minimum absolute atomic E-state index is 0.201. The van der Waals surface area contributed by atoms with Gasteiger partial charge in [0.05, 0.1) is 10.6 Å². The summed E-state index contributed by atoms with van der Waals surface area (Å²) in [5.74, 6) is 0. The third kappa shape index (κ3) is 3.80. The van der Waals surface area contributed by atoms with E-state index in [2.05, 4.69) is 36.6 Å². The molecule has 0 unspecified atom stereocenters. The van der Waals surface area contributed by atoms with E-state index in [1.165, 1.54) is 0 Å². The lowest BCUT2D eigenvalue weighted by Crippen LogP contribution is -2.13. The van der Waals surface area contributed by atoms with Crippen molar-refractivity contribution in [3.63, 3.8) is 0 Å². The van der Waals surface area contributed by atoms with E-state index in [4.69, 9.17) is 11.6 Å². The lowest BCUT2D eigenvalue weighted by Gasteiger charge is -2.12. The highest BCUT2D eigenvalue weighted by Crippen LogP contribution is 2.31. The quantitative estimate of drug-likeness (QED) is 0.687. The van der Waals surface area contributed by atoms with E-state index in [-0.39, 0.29) is 4.90 Å². The summed E-state index contributed by atoms with van der Waals surface area (Å²) in [7, 11) is -3.66. The molecule has 112 valence electrons. The van der Waals surface area contributed by atoms with Gasteiger partial charge < -0.3 is 0 Å². The van der Waals surface area contributed by atoms with E-state index in [1.54, 1.807) is 30.3 Å². The number of benzene rings is 2. The number of hydrogen-bond acceptors (Lipinski definition) is 2. The van der Waals surface area contributed by atoms with Crippen molar-refractivity contribution < 1.29 is 8.42 Å². The zero-order chi connectivity index (χ0) is 15.8. The monoisotopic (exact) mass is 451 g/mol. The first-order valence-electron chi connectivity index (χ1n) is 5.95. The molecule has 7 heteroatoms. The van der Waals surface area contributed by atoms with Crippen LogP contribution < -0.4 is 4.72 Å². The van der Waals surface area contributed by atoms with Crippen LogP contribution in [-0.2, 0) is 10.0 Å². The predicted octanol–water partition coefficient (Wildman–Crippen LogP) is 5.28. The van der Waals surface area contributed by atoms with E-state index in [9.17, 15) is 8.42 Å². The molecule has 0 atom stereocenters. The molecule has 0 aliphatic rings. The third-order valence-electron chi connectivity index (χ3n) is 2.93. The molecule has 0 radical (unpaired) electrons. The van der Waals surface area contributed by atoms with Crippen molar-refractivity contribution in [1.29, 1.82) is 0 Å². The maximum atomic E-state index is 12.4. The number of halogens is 3. The summed E-state index contributed by atoms with van der Waals surface area (Å²) >= 11 is 12.7. The van der Waals surface area contributed by atoms with Gasteiger partial charge in [0.15, 0.2) is 0 Å². The Kier molecular flexibility index (Phi) is 5.03. The van der Waals surface area contributed by atoms with Gasteiger partial charge >= 0.3 is 0 Å². The zero-order valence-electron chi connectivity index (χ0n) is 11.2. The Hall–Kier alpha value is -0.560. The highest BCUT2D eigenvalue weighted by atomic mass is 79.9. The van der Waals surface area contributed by atoms with Crippen LogP contribution in [0.2, 0.25) is 5.02 Å². The first-order valence-corrected chi connectivity index (χ1v) is 9.40. The molecule has 0 spiro atoms. The largest absolute Gasteiger partial charge is 0.278 e. The second kappa shape index (κ2) is 6.28. The summed E-state index contributed by atoms with van der Waals surface area (Å²) in [6, 6.07) is 8.22. The van der Waals surface area contributed by atoms with Crippen molar-refractivity contribution in [2.75, 3.05) is 4.72 Å². The van der Waals surface area contributed by atoms with Crippen LogP contribution in [-0.4, -0.2) is 8.42 Å². The van der Waals surface area contributed by atoms with E-state index < -0.39 is 10.0 Å². The molecule has 0 fully saturated rings. The van der Waals surface area contributed by atoms with E-state index in [0.29, 0.717) is 15.2 Å². The standard InChI is InChI=1S/C14H12Br2ClNO2S/c1-8-5-10(3-4-11(8)15)21(19,20)18-14-7-13(17)9(2)6-12(14)16/h3-7,18H,1-2H3. The molecule has 21 heavy (non-hydrogen) atoms. The average Bonchev–Trinajstić information content (AvgIpc) is 2.39. The van der Waals surface area contributed by atoms with Crippen molar-refractivity contribution in [2.24, 2.45) is 0 Å². The number of hydrogen-bond donors (Lipinski definition) is 1. The average molecular weight is 454 g/mol. The van der Waals surface area contributed by atoms with Crippen LogP contribution >= 0.6 is 43.5 Å². The summed E-state index contributed by atoms with van der Waals surface area (Å²) in [4.78, 5) is 0.201. The van der Waals surface area contributed by atoms with Crippen LogP contribution in [0.25, 0.3) is 0 Å². The van der Waals surface area contributed by atoms with Gasteiger partial charge in [-0.2, -0.15) is 0 Å². The smallest absolute Gasteiger partial charge is 0.261 e. The number of nitrogens with one attached hydrogen (secondary N) is 1. The van der Waals surface area contributed by atoms with Gasteiger partial charge in [-0.15, -0.1) is 0 Å². The van der Waals surface area contributed by atoms with Gasteiger partial charge in [0, 0.05) is 14.0 Å². The van der Waals surface area contributed by atoms with Gasteiger partial charge in [-0.25, -0.2) is 8.42 Å². The van der Waals surface area contributed by atoms with Gasteiger partial charge in [-0.3, -0.25) is 4.72 Å². The molecule has 0 bridgehead atoms. The fourth-order valence-corrected chi connectivity index (χ4v) is 3.97. The molecular weight excluding hydrogens is 441 g/mol. The molecule has 3 nitrogen and oxygen atoms in total. The molecule has 1 N–H and O–H groups in total. The van der Waals surface area contributed by atoms with Crippen molar-refractivity contribution >= 4 is 59.2 Å². The summed E-state index contributed by atoms with van der Waals surface area (Å²) in [5.41, 5.74) is 2.12. The second-order valence-corrected chi connectivity index (χ2v) is 8.40. The topological polar surface area (TPSA) is 46.2 Å². The highest BCUT2D eigenvalue weighted by molar-refractivity contribution is 9.11. The number of rotatable bonds is 3. The highest BCUT2D eigenvalue weighted by Gasteiger charge is 2.17. The molecule has 0 amide bonds. The Bertz CT molecular complexity index is 807. The number of anilines is 1. The summed E-state index contributed by atoms with van der Waals surface area (Å²) < 4.78 is 28.9. The third-order valence-corrected chi connectivity index (χ3v) is 6.25. The van der Waals surface area contributed by atoms with Crippen molar-refractivity contribution in [2.45, 2.75) is 18.7 Å². The van der Waals surface area contributed by atoms with Gasteiger partial charge in [-0.05, 0) is 71.2 Å². The predicted molar refractivity (Wildman–Crippen MR) is 93.6 cm³/mol. The molecule has 2 aromatic carbocycles. The molecule has 0 aromatic heterocycles. The maximum absolute atomic E-state index is 12.4. The summed E-state index contributed by atoms with van der Waals surface area (Å²) in [6.45, 7) is 3.69. The Labute approximate surface area is 146 Å². The molecule has 0 aliphatic heterocycles. The second-order valence-electron chi connectivity index (χ2n) is 4.60. The van der Waals surface area contributed by atoms with Crippen LogP contribution in [0.3, 0.4) is 0 Å². The fourth-order valence-electron chi connectivity index (χ4n) is 1.71. The van der Waals surface area contributed by atoms with Crippen LogP contribution in [0, 0.1) is 13.8 Å². The van der Waals surface area contributed by atoms with E-state index in [1.807, 2.05) is 13.8 Å². The Morgan fingerprint density at radius 2 is 1.67 bits per heavy atom. The van der Waals surface area contributed by atoms with E-state index >= 15 is 0 Å². The lowest BCUT2D eigenvalue weighted by molar-refractivity contribution is 0.601. The molecule has 0 saturated carbocycles. The molecule has 0 aliphatic carbocycles. The first kappa shape index (κ1) is 16.8. The molecule has 2 aromatic rings. The van der Waals surface area contributed by atoms with Crippen LogP contribution in [0.5, 0.6) is 0 Å². The van der Waals surface area contributed by atoms with Crippen LogP contribution in [0.1, 0.15) is 11.1 Å². The SMILES string of the molecule is Cc1cc(Br)c(NS(=O)(=O)c2ccc(Br)c(C)c2)cc1Cl. The van der Waals surface area contributed by atoms with Crippen molar-refractivity contribution in [3.05, 3.63) is 55.4 Å². The Morgan fingerprint density at radius 3 is 2.29 bits per heavy atom. The minimum atomic E-state index is -3.66. The number of sulfonamides is 1. The molecule has 0 saturated heterocycles. The first-order chi connectivity index (χ1) is 9.70. The van der Waals surface area contributed by atoms with E-state index in [0.717, 1.165) is 15.6 Å². The number of aryl methyl sites for hydroxylation is 2. The van der Waals surface area contributed by atoms with Crippen molar-refractivity contribution in [3.8, 4) is 0 Å². The zero-order valence-corrected chi connectivity index (χ0v) is 16.0. The molecule has 0 heterocycles. The van der Waals surface area contributed by atoms with Crippen LogP contribution in [0.15, 0.2) is 44.2 Å². The van der Waals surface area contributed by atoms with Gasteiger partial charge in [0.2, 0.25) is 0 Å². The molecular formula is C14H12Br2ClNO2S. The summed E-state index contributed by atoms with van der Waals surface area (Å²) in [5, 5.41) is 0.503. The Morgan fingerprint density at radius 1 is 1.00 bits per heavy atom. The van der Waals surface area contributed by atoms with Gasteiger partial charge in [-0.1, -0.05) is 27.5 Å². The molecule has 2 rings (SSSR count). The van der Waals surface area contributed by atoms with Crippen LogP contribution in [0.4, 0.5) is 5.69 Å². The van der Waals surface area contributed by atoms with Gasteiger partial charge in [0.25, 0.3) is 10.0 Å². The summed E-state index contributed by atoms with van der Waals surface area (Å²) in [6.07, 6.45) is 0. The lowest BCUT2D eigenvalue weighted by atomic mass is 10.2. The minimum Gasteiger partial charge on any atom is -0.278 e. The van der Waals surface area contributed by atoms with Gasteiger partial charge in [0.1, 0.15) is 0 Å². The van der Waals surface area contributed by atoms with Crippen molar-refractivity contribution in [1.82, 2.24) is 0 Å². The fraction of sp³-hybridized carbons (Fsp3) is 0.143. The Balaban J connectivity index is 2.42. The maximum Gasteiger partial charge on any atom is 0.261 e.